The Morgan fingerprint density at radius 2 is 1.84 bits per heavy atom. The lowest BCUT2D eigenvalue weighted by Gasteiger charge is -2.32. The third-order valence-electron chi connectivity index (χ3n) is 5.58. The molecule has 1 aliphatic heterocycles. The van der Waals surface area contributed by atoms with Crippen molar-refractivity contribution in [1.82, 2.24) is 20.0 Å². The number of aromatic nitrogens is 2. The summed E-state index contributed by atoms with van der Waals surface area (Å²) in [4.78, 5) is 27.5. The largest absolute Gasteiger partial charge is 0.507 e. The van der Waals surface area contributed by atoms with E-state index in [2.05, 4.69) is 5.32 Å². The third kappa shape index (κ3) is 4.30. The van der Waals surface area contributed by atoms with Crippen LogP contribution in [0.5, 0.6) is 5.75 Å². The lowest BCUT2D eigenvalue weighted by Crippen LogP contribution is -2.39. The Hall–Kier alpha value is -3.61. The van der Waals surface area contributed by atoms with Crippen molar-refractivity contribution in [3.8, 4) is 11.4 Å². The lowest BCUT2D eigenvalue weighted by atomic mass is 9.92. The number of rotatable bonds is 5. The molecule has 1 fully saturated rings. The zero-order valence-corrected chi connectivity index (χ0v) is 17.5. The van der Waals surface area contributed by atoms with Gasteiger partial charge in [0, 0.05) is 31.7 Å². The smallest absolute Gasteiger partial charge is 0.257 e. The van der Waals surface area contributed by atoms with Crippen molar-refractivity contribution >= 4 is 11.8 Å². The molecule has 2 amide bonds. The highest BCUT2D eigenvalue weighted by Gasteiger charge is 2.31. The monoisotopic (exact) mass is 418 g/mol. The molecule has 0 aliphatic carbocycles. The SMILES string of the molecule is CCNC(=O)c1cn(-c2ccccc2)nc1[C@@H]1CCCN(C(=O)c2ccccc2O)C1. The summed E-state index contributed by atoms with van der Waals surface area (Å²) in [5.74, 6) is -0.453. The number of aromatic hydroxyl groups is 1. The van der Waals surface area contributed by atoms with Gasteiger partial charge in [0.05, 0.1) is 22.5 Å². The fourth-order valence-corrected chi connectivity index (χ4v) is 4.04. The first-order valence-corrected chi connectivity index (χ1v) is 10.6. The number of nitrogens with one attached hydrogen (secondary N) is 1. The number of nitrogens with zero attached hydrogens (tertiary/aromatic N) is 3. The van der Waals surface area contributed by atoms with E-state index in [4.69, 9.17) is 5.10 Å². The Bertz CT molecular complexity index is 1080. The summed E-state index contributed by atoms with van der Waals surface area (Å²) in [6.45, 7) is 3.47. The van der Waals surface area contributed by atoms with Crippen molar-refractivity contribution in [3.63, 3.8) is 0 Å². The second kappa shape index (κ2) is 9.04. The van der Waals surface area contributed by atoms with E-state index in [0.717, 1.165) is 18.5 Å². The molecule has 0 unspecified atom stereocenters. The highest BCUT2D eigenvalue weighted by atomic mass is 16.3. The number of benzene rings is 2. The Labute approximate surface area is 181 Å². The number of hydrogen-bond donors (Lipinski definition) is 2. The molecule has 1 aliphatic rings. The predicted molar refractivity (Wildman–Crippen MR) is 118 cm³/mol. The van der Waals surface area contributed by atoms with E-state index in [9.17, 15) is 14.7 Å². The number of piperidine rings is 1. The Balaban J connectivity index is 1.64. The van der Waals surface area contributed by atoms with Crippen LogP contribution in [0, 0.1) is 0 Å². The average Bonchev–Trinajstić information content (AvgIpc) is 3.26. The van der Waals surface area contributed by atoms with Crippen molar-refractivity contribution in [2.75, 3.05) is 19.6 Å². The minimum Gasteiger partial charge on any atom is -0.507 e. The zero-order valence-electron chi connectivity index (χ0n) is 17.5. The van der Waals surface area contributed by atoms with Crippen LogP contribution in [0.3, 0.4) is 0 Å². The van der Waals surface area contributed by atoms with Gasteiger partial charge in [0.15, 0.2) is 0 Å². The van der Waals surface area contributed by atoms with E-state index in [1.54, 1.807) is 34.0 Å². The summed E-state index contributed by atoms with van der Waals surface area (Å²) >= 11 is 0. The first-order valence-electron chi connectivity index (χ1n) is 10.6. The van der Waals surface area contributed by atoms with Gasteiger partial charge in [-0.3, -0.25) is 9.59 Å². The molecule has 3 aromatic rings. The molecule has 1 atom stereocenters. The molecule has 4 rings (SSSR count). The Morgan fingerprint density at radius 3 is 2.58 bits per heavy atom. The molecule has 0 bridgehead atoms. The molecule has 0 saturated carbocycles. The van der Waals surface area contributed by atoms with Gasteiger partial charge in [0.25, 0.3) is 11.8 Å². The second-order valence-electron chi connectivity index (χ2n) is 7.68. The fourth-order valence-electron chi connectivity index (χ4n) is 4.04. The number of phenols is 1. The Kier molecular flexibility index (Phi) is 6.02. The quantitative estimate of drug-likeness (QED) is 0.665. The number of likely N-dealkylation sites (tertiary alicyclic amines) is 1. The van der Waals surface area contributed by atoms with Crippen LogP contribution in [0.1, 0.15) is 52.1 Å². The van der Waals surface area contributed by atoms with Crippen LogP contribution in [-0.2, 0) is 0 Å². The van der Waals surface area contributed by atoms with Crippen molar-refractivity contribution in [3.05, 3.63) is 77.6 Å². The highest BCUT2D eigenvalue weighted by molar-refractivity contribution is 5.97. The van der Waals surface area contributed by atoms with Crippen molar-refractivity contribution in [1.29, 1.82) is 0 Å². The van der Waals surface area contributed by atoms with Crippen LogP contribution < -0.4 is 5.32 Å². The fraction of sp³-hybridized carbons (Fsp3) is 0.292. The lowest BCUT2D eigenvalue weighted by molar-refractivity contribution is 0.0702. The first kappa shape index (κ1) is 20.7. The highest BCUT2D eigenvalue weighted by Crippen LogP contribution is 2.31. The van der Waals surface area contributed by atoms with Gasteiger partial charge < -0.3 is 15.3 Å². The van der Waals surface area contributed by atoms with Crippen LogP contribution >= 0.6 is 0 Å². The summed E-state index contributed by atoms with van der Waals surface area (Å²) in [6.07, 6.45) is 3.40. The van der Waals surface area contributed by atoms with Gasteiger partial charge in [-0.15, -0.1) is 0 Å². The maximum absolute atomic E-state index is 13.0. The molecule has 0 radical (unpaired) electrons. The molecule has 160 valence electrons. The molecule has 7 nitrogen and oxygen atoms in total. The maximum Gasteiger partial charge on any atom is 0.257 e. The molecule has 2 aromatic carbocycles. The number of carbonyl (C=O) groups is 2. The van der Waals surface area contributed by atoms with Crippen molar-refractivity contribution < 1.29 is 14.7 Å². The van der Waals surface area contributed by atoms with Gasteiger partial charge in [-0.05, 0) is 44.0 Å². The van der Waals surface area contributed by atoms with Crippen LogP contribution in [0.2, 0.25) is 0 Å². The predicted octanol–water partition coefficient (Wildman–Crippen LogP) is 3.35. The molecular formula is C24H26N4O3. The van der Waals surface area contributed by atoms with Crippen molar-refractivity contribution in [2.24, 2.45) is 0 Å². The van der Waals surface area contributed by atoms with E-state index < -0.39 is 0 Å². The molecule has 2 heterocycles. The average molecular weight is 418 g/mol. The van der Waals surface area contributed by atoms with E-state index in [1.807, 2.05) is 37.3 Å². The van der Waals surface area contributed by atoms with E-state index >= 15 is 0 Å². The first-order chi connectivity index (χ1) is 15.1. The zero-order chi connectivity index (χ0) is 21.8. The summed E-state index contributed by atoms with van der Waals surface area (Å²) in [7, 11) is 0. The topological polar surface area (TPSA) is 87.5 Å². The molecule has 1 saturated heterocycles. The van der Waals surface area contributed by atoms with Gasteiger partial charge in [0.2, 0.25) is 0 Å². The standard InChI is InChI=1S/C24H26N4O3/c1-2-25-23(30)20-16-28(18-10-4-3-5-11-18)26-22(20)17-9-8-14-27(15-17)24(31)19-12-6-7-13-21(19)29/h3-7,10-13,16-17,29H,2,8-9,14-15H2,1H3,(H,25,30)/t17-/m1/s1. The number of amides is 2. The van der Waals surface area contributed by atoms with Crippen LogP contribution in [0.4, 0.5) is 0 Å². The summed E-state index contributed by atoms with van der Waals surface area (Å²) in [5, 5.41) is 17.7. The van der Waals surface area contributed by atoms with Crippen LogP contribution in [0.25, 0.3) is 5.69 Å². The molecule has 1 aromatic heterocycles. The maximum atomic E-state index is 13.0. The number of hydrogen-bond acceptors (Lipinski definition) is 4. The second-order valence-corrected chi connectivity index (χ2v) is 7.68. The van der Waals surface area contributed by atoms with Crippen LogP contribution in [-0.4, -0.2) is 51.2 Å². The minimum atomic E-state index is -0.204. The third-order valence-corrected chi connectivity index (χ3v) is 5.58. The molecule has 31 heavy (non-hydrogen) atoms. The summed E-state index contributed by atoms with van der Waals surface area (Å²) < 4.78 is 1.73. The Morgan fingerprint density at radius 1 is 1.10 bits per heavy atom. The summed E-state index contributed by atoms with van der Waals surface area (Å²) in [5.41, 5.74) is 2.40. The van der Waals surface area contributed by atoms with Gasteiger partial charge >= 0.3 is 0 Å². The van der Waals surface area contributed by atoms with E-state index in [1.165, 1.54) is 6.07 Å². The minimum absolute atomic E-state index is 0.0222. The number of carbonyl (C=O) groups excluding carboxylic acids is 2. The van der Waals surface area contributed by atoms with Gasteiger partial charge in [-0.1, -0.05) is 30.3 Å². The summed E-state index contributed by atoms with van der Waals surface area (Å²) in [6, 6.07) is 16.2. The van der Waals surface area contributed by atoms with Gasteiger partial charge in [0.1, 0.15) is 5.75 Å². The van der Waals surface area contributed by atoms with Gasteiger partial charge in [-0.25, -0.2) is 4.68 Å². The molecule has 0 spiro atoms. The molecular weight excluding hydrogens is 392 g/mol. The van der Waals surface area contributed by atoms with Crippen LogP contribution in [0.15, 0.2) is 60.8 Å². The van der Waals surface area contributed by atoms with Gasteiger partial charge in [-0.2, -0.15) is 5.10 Å². The van der Waals surface area contributed by atoms with E-state index in [-0.39, 0.29) is 23.5 Å². The number of para-hydroxylation sites is 2. The molecule has 2 N–H and O–H groups in total. The molecule has 7 heteroatoms. The number of phenolic OH excluding ortho intramolecular Hbond substituents is 1. The van der Waals surface area contributed by atoms with E-state index in [0.29, 0.717) is 36.5 Å². The van der Waals surface area contributed by atoms with Crippen molar-refractivity contribution in [2.45, 2.75) is 25.7 Å². The normalized spacial score (nSPS) is 16.2.